The van der Waals surface area contributed by atoms with E-state index in [0.717, 1.165) is 19.2 Å². The molecular formula is C9H6BrF3O2. The van der Waals surface area contributed by atoms with Crippen molar-refractivity contribution >= 4 is 21.9 Å². The number of alkyl halides is 3. The lowest BCUT2D eigenvalue weighted by molar-refractivity contribution is -0.138. The highest BCUT2D eigenvalue weighted by Gasteiger charge is 2.35. The van der Waals surface area contributed by atoms with Crippen LogP contribution in [-0.4, -0.2) is 13.1 Å². The molecule has 0 aliphatic carbocycles. The Morgan fingerprint density at radius 1 is 1.40 bits per heavy atom. The minimum absolute atomic E-state index is 0.385. The normalized spacial score (nSPS) is 11.3. The van der Waals surface area contributed by atoms with E-state index in [1.807, 2.05) is 0 Å². The molecule has 0 saturated carbocycles. The first-order valence-electron chi connectivity index (χ1n) is 3.81. The van der Waals surface area contributed by atoms with Gasteiger partial charge < -0.3 is 4.74 Å². The molecule has 0 spiro atoms. The topological polar surface area (TPSA) is 26.3 Å². The van der Waals surface area contributed by atoms with Gasteiger partial charge in [0.15, 0.2) is 0 Å². The van der Waals surface area contributed by atoms with Crippen LogP contribution in [0.25, 0.3) is 0 Å². The highest BCUT2D eigenvalue weighted by Crippen LogP contribution is 2.33. The summed E-state index contributed by atoms with van der Waals surface area (Å²) in [5.74, 6) is -1.01. The molecule has 15 heavy (non-hydrogen) atoms. The number of benzene rings is 1. The summed E-state index contributed by atoms with van der Waals surface area (Å²) in [6.45, 7) is 0. The van der Waals surface area contributed by atoms with Crippen LogP contribution in [0.5, 0.6) is 0 Å². The van der Waals surface area contributed by atoms with Gasteiger partial charge in [0, 0.05) is 4.47 Å². The van der Waals surface area contributed by atoms with Crippen molar-refractivity contribution in [1.82, 2.24) is 0 Å². The zero-order chi connectivity index (χ0) is 11.6. The molecule has 0 amide bonds. The highest BCUT2D eigenvalue weighted by atomic mass is 79.9. The summed E-state index contributed by atoms with van der Waals surface area (Å²) in [6, 6.07) is 3.13. The lowest BCUT2D eigenvalue weighted by Crippen LogP contribution is -2.14. The van der Waals surface area contributed by atoms with Crippen molar-refractivity contribution in [3.63, 3.8) is 0 Å². The standard InChI is InChI=1S/C9H6BrF3O2/c1-15-8(14)6-4-5(10)2-3-7(6)9(11,12)13/h2-4H,1H3. The van der Waals surface area contributed by atoms with Crippen molar-refractivity contribution in [1.29, 1.82) is 0 Å². The average molecular weight is 283 g/mol. The van der Waals surface area contributed by atoms with Gasteiger partial charge >= 0.3 is 12.1 Å². The Balaban J connectivity index is 3.33. The van der Waals surface area contributed by atoms with Gasteiger partial charge in [0.25, 0.3) is 0 Å². The third kappa shape index (κ3) is 2.71. The van der Waals surface area contributed by atoms with Gasteiger partial charge in [-0.2, -0.15) is 13.2 Å². The summed E-state index contributed by atoms with van der Waals surface area (Å²) in [5.41, 5.74) is -1.50. The first kappa shape index (κ1) is 12.0. The predicted molar refractivity (Wildman–Crippen MR) is 50.5 cm³/mol. The first-order valence-corrected chi connectivity index (χ1v) is 4.60. The molecule has 0 aliphatic heterocycles. The zero-order valence-electron chi connectivity index (χ0n) is 7.56. The van der Waals surface area contributed by atoms with Gasteiger partial charge in [-0.25, -0.2) is 4.79 Å². The molecule has 2 nitrogen and oxygen atoms in total. The van der Waals surface area contributed by atoms with Gasteiger partial charge in [-0.15, -0.1) is 0 Å². The maximum Gasteiger partial charge on any atom is 0.417 e. The lowest BCUT2D eigenvalue weighted by atomic mass is 10.1. The number of carbonyl (C=O) groups is 1. The van der Waals surface area contributed by atoms with Crippen LogP contribution >= 0.6 is 15.9 Å². The molecule has 0 heterocycles. The largest absolute Gasteiger partial charge is 0.465 e. The lowest BCUT2D eigenvalue weighted by Gasteiger charge is -2.11. The van der Waals surface area contributed by atoms with Crippen LogP contribution < -0.4 is 0 Å². The van der Waals surface area contributed by atoms with Crippen LogP contribution in [0.3, 0.4) is 0 Å². The van der Waals surface area contributed by atoms with Crippen molar-refractivity contribution < 1.29 is 22.7 Å². The SMILES string of the molecule is COC(=O)c1cc(Br)ccc1C(F)(F)F. The van der Waals surface area contributed by atoms with E-state index in [1.165, 1.54) is 6.07 Å². The van der Waals surface area contributed by atoms with Gasteiger partial charge in [0.1, 0.15) is 0 Å². The molecule has 1 aromatic carbocycles. The summed E-state index contributed by atoms with van der Waals surface area (Å²) >= 11 is 2.99. The molecule has 0 fully saturated rings. The second-order valence-corrected chi connectivity index (χ2v) is 3.59. The quantitative estimate of drug-likeness (QED) is 0.739. The summed E-state index contributed by atoms with van der Waals surface area (Å²) in [4.78, 5) is 11.1. The fourth-order valence-electron chi connectivity index (χ4n) is 1.04. The maximum atomic E-state index is 12.5. The van der Waals surface area contributed by atoms with E-state index < -0.39 is 23.3 Å². The van der Waals surface area contributed by atoms with E-state index in [1.54, 1.807) is 0 Å². The molecule has 0 unspecified atom stereocenters. The number of carbonyl (C=O) groups excluding carboxylic acids is 1. The van der Waals surface area contributed by atoms with E-state index in [2.05, 4.69) is 20.7 Å². The Morgan fingerprint density at radius 3 is 2.47 bits per heavy atom. The number of hydrogen-bond acceptors (Lipinski definition) is 2. The Kier molecular flexibility index (Phi) is 3.38. The minimum Gasteiger partial charge on any atom is -0.465 e. The minimum atomic E-state index is -4.57. The number of rotatable bonds is 1. The summed E-state index contributed by atoms with van der Waals surface area (Å²) in [5, 5.41) is 0. The van der Waals surface area contributed by atoms with Crippen molar-refractivity contribution in [2.24, 2.45) is 0 Å². The van der Waals surface area contributed by atoms with Crippen LogP contribution in [0.2, 0.25) is 0 Å². The van der Waals surface area contributed by atoms with Crippen LogP contribution in [-0.2, 0) is 10.9 Å². The molecule has 0 aromatic heterocycles. The van der Waals surface area contributed by atoms with Crippen LogP contribution in [0.4, 0.5) is 13.2 Å². The summed E-state index contributed by atoms with van der Waals surface area (Å²) in [6.07, 6.45) is -4.57. The van der Waals surface area contributed by atoms with E-state index in [9.17, 15) is 18.0 Å². The smallest absolute Gasteiger partial charge is 0.417 e. The third-order valence-corrected chi connectivity index (χ3v) is 2.19. The van der Waals surface area contributed by atoms with E-state index in [-0.39, 0.29) is 0 Å². The van der Waals surface area contributed by atoms with Gasteiger partial charge in [0.05, 0.1) is 18.2 Å². The number of methoxy groups -OCH3 is 1. The highest BCUT2D eigenvalue weighted by molar-refractivity contribution is 9.10. The second-order valence-electron chi connectivity index (χ2n) is 2.68. The fraction of sp³-hybridized carbons (Fsp3) is 0.222. The molecule has 0 atom stereocenters. The number of hydrogen-bond donors (Lipinski definition) is 0. The van der Waals surface area contributed by atoms with Gasteiger partial charge in [-0.3, -0.25) is 0 Å². The van der Waals surface area contributed by atoms with E-state index >= 15 is 0 Å². The molecule has 0 aliphatic rings. The van der Waals surface area contributed by atoms with E-state index in [4.69, 9.17) is 0 Å². The van der Waals surface area contributed by atoms with Crippen molar-refractivity contribution in [3.05, 3.63) is 33.8 Å². The van der Waals surface area contributed by atoms with Crippen molar-refractivity contribution in [3.8, 4) is 0 Å². The Bertz CT molecular complexity index is 387. The van der Waals surface area contributed by atoms with Gasteiger partial charge in [-0.1, -0.05) is 15.9 Å². The molecule has 82 valence electrons. The van der Waals surface area contributed by atoms with Crippen molar-refractivity contribution in [2.75, 3.05) is 7.11 Å². The monoisotopic (exact) mass is 282 g/mol. The Morgan fingerprint density at radius 2 is 2.00 bits per heavy atom. The van der Waals surface area contributed by atoms with Crippen LogP contribution in [0.1, 0.15) is 15.9 Å². The summed E-state index contributed by atoms with van der Waals surface area (Å²) in [7, 11) is 1.03. The molecule has 6 heteroatoms. The van der Waals surface area contributed by atoms with Crippen LogP contribution in [0, 0.1) is 0 Å². The number of esters is 1. The molecule has 0 saturated heterocycles. The predicted octanol–water partition coefficient (Wildman–Crippen LogP) is 3.25. The molecule has 0 bridgehead atoms. The Labute approximate surface area is 92.2 Å². The van der Waals surface area contributed by atoms with Gasteiger partial charge in [-0.05, 0) is 18.2 Å². The molecule has 0 N–H and O–H groups in total. The average Bonchev–Trinajstić information content (AvgIpc) is 2.14. The van der Waals surface area contributed by atoms with Crippen LogP contribution in [0.15, 0.2) is 22.7 Å². The number of ether oxygens (including phenoxy) is 1. The van der Waals surface area contributed by atoms with Gasteiger partial charge in [0.2, 0.25) is 0 Å². The molecule has 1 aromatic rings. The maximum absolute atomic E-state index is 12.5. The fourth-order valence-corrected chi connectivity index (χ4v) is 1.40. The van der Waals surface area contributed by atoms with Crippen molar-refractivity contribution in [2.45, 2.75) is 6.18 Å². The zero-order valence-corrected chi connectivity index (χ0v) is 9.15. The molecule has 0 radical (unpaired) electrons. The molecule has 1 rings (SSSR count). The second kappa shape index (κ2) is 4.22. The number of halogens is 4. The third-order valence-electron chi connectivity index (χ3n) is 1.69. The Hall–Kier alpha value is -1.04. The first-order chi connectivity index (χ1) is 6.86. The molecular weight excluding hydrogens is 277 g/mol. The van der Waals surface area contributed by atoms with E-state index in [0.29, 0.717) is 4.47 Å². The summed E-state index contributed by atoms with van der Waals surface area (Å²) < 4.78 is 42.0.